The highest BCUT2D eigenvalue weighted by Gasteiger charge is 2.12. The minimum Gasteiger partial charge on any atom is -0.364 e. The average Bonchev–Trinajstić information content (AvgIpc) is 2.97. The van der Waals surface area contributed by atoms with Crippen molar-refractivity contribution in [3.63, 3.8) is 0 Å². The van der Waals surface area contributed by atoms with Crippen LogP contribution in [-0.2, 0) is 6.54 Å². The van der Waals surface area contributed by atoms with E-state index in [4.69, 9.17) is 5.73 Å². The van der Waals surface area contributed by atoms with Crippen LogP contribution in [0.1, 0.15) is 36.7 Å². The van der Waals surface area contributed by atoms with Crippen LogP contribution in [0.3, 0.4) is 0 Å². The Balaban J connectivity index is 2.27. The number of hydrogen-bond donors (Lipinski definition) is 1. The zero-order valence-electron chi connectivity index (χ0n) is 10.5. The summed E-state index contributed by atoms with van der Waals surface area (Å²) in [6.45, 7) is 2.96. The summed E-state index contributed by atoms with van der Waals surface area (Å²) in [6, 6.07) is 5.61. The van der Waals surface area contributed by atoms with Crippen molar-refractivity contribution in [1.82, 2.24) is 14.3 Å². The van der Waals surface area contributed by atoms with Crippen LogP contribution in [0.2, 0.25) is 0 Å². The number of hydrogen-bond acceptors (Lipinski definition) is 2. The summed E-state index contributed by atoms with van der Waals surface area (Å²) in [7, 11) is 0. The Hall–Kier alpha value is -2.04. The Morgan fingerprint density at radius 3 is 2.67 bits per heavy atom. The van der Waals surface area contributed by atoms with Gasteiger partial charge in [-0.2, -0.15) is 5.10 Å². The summed E-state index contributed by atoms with van der Waals surface area (Å²) in [6.07, 6.45) is 7.21. The van der Waals surface area contributed by atoms with Crippen LogP contribution in [0, 0.1) is 0 Å². The van der Waals surface area contributed by atoms with Crippen LogP contribution >= 0.6 is 0 Å². The molecule has 0 atom stereocenters. The maximum Gasteiger partial charge on any atom is 0.269 e. The molecule has 0 spiro atoms. The highest BCUT2D eigenvalue weighted by molar-refractivity contribution is 5.91. The smallest absolute Gasteiger partial charge is 0.269 e. The fourth-order valence-electron chi connectivity index (χ4n) is 1.90. The van der Waals surface area contributed by atoms with Crippen LogP contribution in [0.15, 0.2) is 30.6 Å². The van der Waals surface area contributed by atoms with Crippen LogP contribution in [0.4, 0.5) is 0 Å². The Morgan fingerprint density at radius 1 is 1.33 bits per heavy atom. The van der Waals surface area contributed by atoms with Gasteiger partial charge in [-0.15, -0.1) is 0 Å². The molecule has 0 saturated heterocycles. The minimum absolute atomic E-state index is 0.315. The van der Waals surface area contributed by atoms with Gasteiger partial charge in [-0.25, -0.2) is 4.68 Å². The molecule has 0 saturated carbocycles. The van der Waals surface area contributed by atoms with E-state index in [0.29, 0.717) is 5.69 Å². The lowest BCUT2D eigenvalue weighted by molar-refractivity contribution is 0.0994. The molecule has 5 nitrogen and oxygen atoms in total. The van der Waals surface area contributed by atoms with Gasteiger partial charge in [-0.05, 0) is 18.6 Å². The van der Waals surface area contributed by atoms with Crippen molar-refractivity contribution in [3.05, 3.63) is 36.3 Å². The molecule has 2 heterocycles. The lowest BCUT2D eigenvalue weighted by Gasteiger charge is -2.07. The molecular weight excluding hydrogens is 228 g/mol. The molecule has 5 heteroatoms. The minimum atomic E-state index is -0.488. The van der Waals surface area contributed by atoms with Crippen molar-refractivity contribution in [3.8, 4) is 5.82 Å². The molecule has 18 heavy (non-hydrogen) atoms. The van der Waals surface area contributed by atoms with Gasteiger partial charge in [0.05, 0.1) is 0 Å². The van der Waals surface area contributed by atoms with E-state index in [1.54, 1.807) is 6.07 Å². The lowest BCUT2D eigenvalue weighted by Crippen LogP contribution is -2.12. The third kappa shape index (κ3) is 2.61. The van der Waals surface area contributed by atoms with E-state index >= 15 is 0 Å². The number of nitrogens with zero attached hydrogens (tertiary/aromatic N) is 3. The van der Waals surface area contributed by atoms with Gasteiger partial charge in [0, 0.05) is 25.0 Å². The zero-order valence-corrected chi connectivity index (χ0v) is 10.5. The number of rotatable bonds is 6. The SMILES string of the molecule is CCCCCn1nc(C(N)=O)cc1-n1cccc1. The van der Waals surface area contributed by atoms with Gasteiger partial charge in [-0.1, -0.05) is 19.8 Å². The van der Waals surface area contributed by atoms with Crippen molar-refractivity contribution >= 4 is 5.91 Å². The van der Waals surface area contributed by atoms with Gasteiger partial charge in [-0.3, -0.25) is 4.79 Å². The molecule has 0 aliphatic carbocycles. The molecule has 0 bridgehead atoms. The van der Waals surface area contributed by atoms with Crippen molar-refractivity contribution in [2.45, 2.75) is 32.7 Å². The Bertz CT molecular complexity index is 513. The molecule has 1 amide bonds. The lowest BCUT2D eigenvalue weighted by atomic mass is 10.2. The molecule has 2 N–H and O–H groups in total. The molecule has 0 unspecified atom stereocenters. The van der Waals surface area contributed by atoms with E-state index in [9.17, 15) is 4.79 Å². The summed E-state index contributed by atoms with van der Waals surface area (Å²) < 4.78 is 3.78. The molecule has 96 valence electrons. The van der Waals surface area contributed by atoms with E-state index in [0.717, 1.165) is 31.6 Å². The van der Waals surface area contributed by atoms with Crippen molar-refractivity contribution in [2.75, 3.05) is 0 Å². The summed E-state index contributed by atoms with van der Waals surface area (Å²) in [4.78, 5) is 11.2. The summed E-state index contributed by atoms with van der Waals surface area (Å²) in [5.74, 6) is 0.391. The number of unbranched alkanes of at least 4 members (excludes halogenated alkanes) is 2. The fraction of sp³-hybridized carbons (Fsp3) is 0.385. The first-order valence-corrected chi connectivity index (χ1v) is 6.23. The third-order valence-corrected chi connectivity index (χ3v) is 2.85. The largest absolute Gasteiger partial charge is 0.364 e. The number of nitrogens with two attached hydrogens (primary N) is 1. The molecule has 0 aliphatic rings. The standard InChI is InChI=1S/C13H18N4O/c1-2-3-4-9-17-12(16-7-5-6-8-16)10-11(15-17)13(14)18/h5-8,10H,2-4,9H2,1H3,(H2,14,18). The highest BCUT2D eigenvalue weighted by Crippen LogP contribution is 2.12. The summed E-state index contributed by atoms with van der Waals surface area (Å²) in [5, 5.41) is 4.26. The van der Waals surface area contributed by atoms with Gasteiger partial charge in [0.25, 0.3) is 5.91 Å². The van der Waals surface area contributed by atoms with E-state index in [1.807, 2.05) is 33.8 Å². The molecule has 0 aromatic carbocycles. The van der Waals surface area contributed by atoms with Gasteiger partial charge in [0.1, 0.15) is 5.82 Å². The van der Waals surface area contributed by atoms with Crippen molar-refractivity contribution in [1.29, 1.82) is 0 Å². The first-order chi connectivity index (χ1) is 8.72. The van der Waals surface area contributed by atoms with E-state index in [-0.39, 0.29) is 0 Å². The Labute approximate surface area is 106 Å². The second-order valence-electron chi connectivity index (χ2n) is 4.27. The second-order valence-corrected chi connectivity index (χ2v) is 4.27. The molecule has 0 fully saturated rings. The van der Waals surface area contributed by atoms with Crippen LogP contribution in [-0.4, -0.2) is 20.3 Å². The monoisotopic (exact) mass is 246 g/mol. The van der Waals surface area contributed by atoms with Crippen molar-refractivity contribution < 1.29 is 4.79 Å². The van der Waals surface area contributed by atoms with Gasteiger partial charge < -0.3 is 10.3 Å². The molecule has 2 aromatic rings. The predicted molar refractivity (Wildman–Crippen MR) is 69.6 cm³/mol. The maximum atomic E-state index is 11.2. The van der Waals surface area contributed by atoms with Crippen LogP contribution in [0.25, 0.3) is 5.82 Å². The summed E-state index contributed by atoms with van der Waals surface area (Å²) >= 11 is 0. The zero-order chi connectivity index (χ0) is 13.0. The third-order valence-electron chi connectivity index (χ3n) is 2.85. The Kier molecular flexibility index (Phi) is 3.82. The number of carbonyl (C=O) groups excluding carboxylic acids is 1. The summed E-state index contributed by atoms with van der Waals surface area (Å²) in [5.41, 5.74) is 5.60. The van der Waals surface area contributed by atoms with Gasteiger partial charge in [0.2, 0.25) is 0 Å². The number of amides is 1. The molecule has 0 aliphatic heterocycles. The number of carbonyl (C=O) groups is 1. The van der Waals surface area contributed by atoms with Gasteiger partial charge in [0.15, 0.2) is 5.69 Å². The number of aromatic nitrogens is 3. The van der Waals surface area contributed by atoms with E-state index in [1.165, 1.54) is 0 Å². The molecule has 2 rings (SSSR count). The first-order valence-electron chi connectivity index (χ1n) is 6.23. The quantitative estimate of drug-likeness (QED) is 0.792. The van der Waals surface area contributed by atoms with E-state index < -0.39 is 5.91 Å². The molecule has 0 radical (unpaired) electrons. The Morgan fingerprint density at radius 2 is 2.06 bits per heavy atom. The van der Waals surface area contributed by atoms with Crippen LogP contribution < -0.4 is 5.73 Å². The molecule has 2 aromatic heterocycles. The second kappa shape index (κ2) is 5.53. The number of primary amides is 1. The van der Waals surface area contributed by atoms with Crippen LogP contribution in [0.5, 0.6) is 0 Å². The highest BCUT2D eigenvalue weighted by atomic mass is 16.1. The average molecular weight is 246 g/mol. The maximum absolute atomic E-state index is 11.2. The number of aryl methyl sites for hydroxylation is 1. The van der Waals surface area contributed by atoms with E-state index in [2.05, 4.69) is 12.0 Å². The first kappa shape index (κ1) is 12.4. The molecular formula is C13H18N4O. The van der Waals surface area contributed by atoms with Gasteiger partial charge >= 0.3 is 0 Å². The normalized spacial score (nSPS) is 10.7. The predicted octanol–water partition coefficient (Wildman–Crippen LogP) is 1.96. The van der Waals surface area contributed by atoms with Crippen molar-refractivity contribution in [2.24, 2.45) is 5.73 Å². The topological polar surface area (TPSA) is 65.8 Å². The fourth-order valence-corrected chi connectivity index (χ4v) is 1.90.